The molecule has 3 aromatic rings. The van der Waals surface area contributed by atoms with Crippen molar-refractivity contribution < 1.29 is 22.7 Å². The molecule has 3 nitrogen and oxygen atoms in total. The quantitative estimate of drug-likeness (QED) is 0.435. The molecule has 0 aliphatic carbocycles. The van der Waals surface area contributed by atoms with Crippen LogP contribution in [-0.4, -0.2) is 23.7 Å². The van der Waals surface area contributed by atoms with E-state index in [0.29, 0.717) is 12.1 Å². The smallest absolute Gasteiger partial charge is 0.406 e. The molecule has 0 bridgehead atoms. The van der Waals surface area contributed by atoms with Crippen LogP contribution in [0.4, 0.5) is 13.2 Å². The number of carbonyl (C=O) groups excluding carboxylic acids is 1. The number of benzene rings is 2. The van der Waals surface area contributed by atoms with Gasteiger partial charge >= 0.3 is 6.36 Å². The molecule has 0 saturated carbocycles. The number of rotatable bonds is 3. The van der Waals surface area contributed by atoms with Gasteiger partial charge in [0.05, 0.1) is 6.04 Å². The average Bonchev–Trinajstić information content (AvgIpc) is 3.20. The maximum Gasteiger partial charge on any atom is 0.573 e. The normalized spacial score (nSPS) is 16.6. The van der Waals surface area contributed by atoms with Gasteiger partial charge in [-0.1, -0.05) is 45.0 Å². The summed E-state index contributed by atoms with van der Waals surface area (Å²) in [5.74, 6) is -0.374. The lowest BCUT2D eigenvalue weighted by atomic mass is 9.86. The van der Waals surface area contributed by atoms with Crippen molar-refractivity contribution in [2.24, 2.45) is 0 Å². The Labute approximate surface area is 189 Å². The number of halogens is 3. The van der Waals surface area contributed by atoms with Crippen LogP contribution in [0.25, 0.3) is 0 Å². The van der Waals surface area contributed by atoms with E-state index in [2.05, 4.69) is 25.5 Å². The SMILES string of the molecule is CC(C)(C)c1ccc(C(=O)N2CCc3sccc3C2c2ccc(OC(F)(F)F)cc2)cc1. The Morgan fingerprint density at radius 3 is 2.25 bits per heavy atom. The van der Waals surface area contributed by atoms with Crippen LogP contribution in [0.3, 0.4) is 0 Å². The number of hydrogen-bond acceptors (Lipinski definition) is 3. The van der Waals surface area contributed by atoms with Crippen molar-refractivity contribution >= 4 is 17.2 Å². The molecule has 1 atom stereocenters. The number of thiophene rings is 1. The molecular weight excluding hydrogens is 435 g/mol. The first-order valence-electron chi connectivity index (χ1n) is 10.4. The summed E-state index contributed by atoms with van der Waals surface area (Å²) in [7, 11) is 0. The fraction of sp³-hybridized carbons (Fsp3) is 0.320. The van der Waals surface area contributed by atoms with Gasteiger partial charge < -0.3 is 9.64 Å². The highest BCUT2D eigenvalue weighted by atomic mass is 32.1. The molecule has 0 N–H and O–H groups in total. The fourth-order valence-electron chi connectivity index (χ4n) is 4.03. The molecule has 1 aliphatic heterocycles. The molecule has 1 unspecified atom stereocenters. The average molecular weight is 460 g/mol. The number of alkyl halides is 3. The Morgan fingerprint density at radius 2 is 1.66 bits per heavy atom. The third kappa shape index (κ3) is 4.67. The highest BCUT2D eigenvalue weighted by Gasteiger charge is 2.34. The summed E-state index contributed by atoms with van der Waals surface area (Å²) in [6, 6.07) is 15.1. The van der Waals surface area contributed by atoms with Gasteiger partial charge in [-0.25, -0.2) is 0 Å². The minimum atomic E-state index is -4.74. The van der Waals surface area contributed by atoms with Crippen LogP contribution in [-0.2, 0) is 11.8 Å². The molecule has 32 heavy (non-hydrogen) atoms. The van der Waals surface area contributed by atoms with Gasteiger partial charge in [0.2, 0.25) is 0 Å². The van der Waals surface area contributed by atoms with Gasteiger partial charge in [0.15, 0.2) is 0 Å². The molecule has 4 rings (SSSR count). The van der Waals surface area contributed by atoms with Gasteiger partial charge in [0, 0.05) is 17.0 Å². The molecule has 0 fully saturated rings. The Balaban J connectivity index is 1.66. The summed E-state index contributed by atoms with van der Waals surface area (Å²) in [6.07, 6.45) is -3.99. The summed E-state index contributed by atoms with van der Waals surface area (Å²) in [4.78, 5) is 16.5. The zero-order valence-electron chi connectivity index (χ0n) is 18.1. The van der Waals surface area contributed by atoms with Crippen LogP contribution in [0.15, 0.2) is 60.0 Å². The number of ether oxygens (including phenoxy) is 1. The zero-order valence-corrected chi connectivity index (χ0v) is 18.9. The molecule has 0 spiro atoms. The van der Waals surface area contributed by atoms with Gasteiger partial charge in [-0.15, -0.1) is 24.5 Å². The molecule has 0 saturated heterocycles. The Kier molecular flexibility index (Phi) is 5.79. The second-order valence-electron chi connectivity index (χ2n) is 8.89. The highest BCUT2D eigenvalue weighted by Crippen LogP contribution is 2.39. The van der Waals surface area contributed by atoms with Gasteiger partial charge in [0.1, 0.15) is 5.75 Å². The van der Waals surface area contributed by atoms with Gasteiger partial charge in [-0.2, -0.15) is 0 Å². The fourth-order valence-corrected chi connectivity index (χ4v) is 4.93. The van der Waals surface area contributed by atoms with Gasteiger partial charge in [0.25, 0.3) is 5.91 Å². The van der Waals surface area contributed by atoms with Crippen molar-refractivity contribution in [2.75, 3.05) is 6.54 Å². The summed E-state index contributed by atoms with van der Waals surface area (Å²) in [6.45, 7) is 6.90. The first-order valence-corrected chi connectivity index (χ1v) is 11.2. The third-order valence-corrected chi connectivity index (χ3v) is 6.65. The number of hydrogen-bond donors (Lipinski definition) is 0. The van der Waals surface area contributed by atoms with E-state index in [1.807, 2.05) is 35.7 Å². The topological polar surface area (TPSA) is 29.5 Å². The largest absolute Gasteiger partial charge is 0.573 e. The lowest BCUT2D eigenvalue weighted by molar-refractivity contribution is -0.274. The van der Waals surface area contributed by atoms with E-state index in [9.17, 15) is 18.0 Å². The lowest BCUT2D eigenvalue weighted by Gasteiger charge is -2.36. The number of fused-ring (bicyclic) bond motifs is 1. The van der Waals surface area contributed by atoms with Crippen molar-refractivity contribution in [3.63, 3.8) is 0 Å². The molecule has 1 aromatic heterocycles. The molecule has 2 aromatic carbocycles. The van der Waals surface area contributed by atoms with Crippen molar-refractivity contribution in [1.29, 1.82) is 0 Å². The van der Waals surface area contributed by atoms with Crippen molar-refractivity contribution in [3.8, 4) is 5.75 Å². The number of nitrogens with zero attached hydrogens (tertiary/aromatic N) is 1. The first-order chi connectivity index (χ1) is 15.0. The molecule has 2 heterocycles. The molecular formula is C25H24F3NO2S. The van der Waals surface area contributed by atoms with E-state index in [1.165, 1.54) is 17.0 Å². The van der Waals surface area contributed by atoms with E-state index >= 15 is 0 Å². The number of carbonyl (C=O) groups is 1. The van der Waals surface area contributed by atoms with Crippen LogP contribution in [0.5, 0.6) is 5.75 Å². The van der Waals surface area contributed by atoms with Crippen molar-refractivity contribution in [2.45, 2.75) is 45.0 Å². The monoisotopic (exact) mass is 459 g/mol. The molecule has 168 valence electrons. The minimum Gasteiger partial charge on any atom is -0.406 e. The molecule has 1 amide bonds. The summed E-state index contributed by atoms with van der Waals surface area (Å²) in [5, 5.41) is 1.99. The highest BCUT2D eigenvalue weighted by molar-refractivity contribution is 7.10. The summed E-state index contributed by atoms with van der Waals surface area (Å²) in [5.41, 5.74) is 3.49. The Hall–Kier alpha value is -2.80. The van der Waals surface area contributed by atoms with Crippen LogP contribution in [0.2, 0.25) is 0 Å². The van der Waals surface area contributed by atoms with E-state index in [1.54, 1.807) is 28.4 Å². The maximum absolute atomic E-state index is 13.5. The molecule has 7 heteroatoms. The number of amides is 1. The minimum absolute atomic E-state index is 0.0128. The van der Waals surface area contributed by atoms with Crippen molar-refractivity contribution in [3.05, 3.63) is 87.1 Å². The van der Waals surface area contributed by atoms with Crippen LogP contribution >= 0.6 is 11.3 Å². The standard InChI is InChI=1S/C25H24F3NO2S/c1-24(2,3)18-8-4-17(5-9-18)23(30)29-14-12-21-20(13-15-32-21)22(29)16-6-10-19(11-7-16)31-25(26,27)28/h4-11,13,15,22H,12,14H2,1-3H3. The third-order valence-electron chi connectivity index (χ3n) is 5.65. The molecule has 0 radical (unpaired) electrons. The first kappa shape index (κ1) is 22.4. The van der Waals surface area contributed by atoms with Crippen LogP contribution in [0, 0.1) is 0 Å². The van der Waals surface area contributed by atoms with E-state index < -0.39 is 6.36 Å². The summed E-state index contributed by atoms with van der Waals surface area (Å²) >= 11 is 1.64. The lowest BCUT2D eigenvalue weighted by Crippen LogP contribution is -2.40. The zero-order chi connectivity index (χ0) is 23.1. The maximum atomic E-state index is 13.5. The van der Waals surface area contributed by atoms with E-state index in [0.717, 1.165) is 23.1 Å². The van der Waals surface area contributed by atoms with Gasteiger partial charge in [-0.3, -0.25) is 4.79 Å². The van der Waals surface area contributed by atoms with Crippen LogP contribution in [0.1, 0.15) is 58.7 Å². The Morgan fingerprint density at radius 1 is 1.00 bits per heavy atom. The second-order valence-corrected chi connectivity index (χ2v) is 9.90. The molecule has 1 aliphatic rings. The van der Waals surface area contributed by atoms with E-state index in [-0.39, 0.29) is 23.1 Å². The van der Waals surface area contributed by atoms with E-state index in [4.69, 9.17) is 0 Å². The predicted octanol–water partition coefficient (Wildman–Crippen LogP) is 6.73. The second kappa shape index (κ2) is 8.28. The van der Waals surface area contributed by atoms with Crippen LogP contribution < -0.4 is 4.74 Å². The predicted molar refractivity (Wildman–Crippen MR) is 119 cm³/mol. The Bertz CT molecular complexity index is 1100. The summed E-state index contributed by atoms with van der Waals surface area (Å²) < 4.78 is 41.6. The van der Waals surface area contributed by atoms with Gasteiger partial charge in [-0.05, 0) is 64.2 Å². The van der Waals surface area contributed by atoms with Crippen molar-refractivity contribution in [1.82, 2.24) is 4.90 Å².